The third-order valence-corrected chi connectivity index (χ3v) is 6.75. The highest BCUT2D eigenvalue weighted by Crippen LogP contribution is 2.40. The SMILES string of the molecule is CCP(=O)(O)CN1CCN(CC(=O)O)CCN(CC(=O)O)CCN(CC(=O)O)CC1. The number of carboxylic acids is 3. The van der Waals surface area contributed by atoms with E-state index in [-0.39, 0.29) is 32.1 Å². The van der Waals surface area contributed by atoms with Crippen LogP contribution in [0.1, 0.15) is 6.92 Å². The molecule has 4 N–H and O–H groups in total. The van der Waals surface area contributed by atoms with E-state index in [0.717, 1.165) is 0 Å². The molecule has 1 rings (SSSR count). The molecule has 1 saturated heterocycles. The van der Waals surface area contributed by atoms with Crippen molar-refractivity contribution >= 4 is 25.3 Å². The number of hydrogen-bond acceptors (Lipinski definition) is 8. The van der Waals surface area contributed by atoms with Gasteiger partial charge in [0.05, 0.1) is 25.9 Å². The summed E-state index contributed by atoms with van der Waals surface area (Å²) in [7, 11) is -3.36. The molecule has 30 heavy (non-hydrogen) atoms. The molecule has 0 amide bonds. The Balaban J connectivity index is 2.98. The molecule has 1 atom stereocenters. The molecular weight excluding hydrogens is 419 g/mol. The molecule has 0 aromatic rings. The van der Waals surface area contributed by atoms with Crippen LogP contribution in [0.25, 0.3) is 0 Å². The third-order valence-electron chi connectivity index (χ3n) is 4.92. The normalized spacial score (nSPS) is 21.3. The number of hydrogen-bond donors (Lipinski definition) is 4. The molecule has 0 saturated carbocycles. The Morgan fingerprint density at radius 1 is 0.667 bits per heavy atom. The summed E-state index contributed by atoms with van der Waals surface area (Å²) in [5.41, 5.74) is 0. The summed E-state index contributed by atoms with van der Waals surface area (Å²) in [6.07, 6.45) is 0.0712. The van der Waals surface area contributed by atoms with Crippen LogP contribution in [-0.2, 0) is 18.9 Å². The molecule has 0 aliphatic carbocycles. The Morgan fingerprint density at radius 2 is 0.933 bits per heavy atom. The van der Waals surface area contributed by atoms with Gasteiger partial charge in [-0.15, -0.1) is 0 Å². The van der Waals surface area contributed by atoms with Crippen LogP contribution in [0.3, 0.4) is 0 Å². The van der Waals surface area contributed by atoms with Gasteiger partial charge in [-0.3, -0.25) is 38.5 Å². The van der Waals surface area contributed by atoms with Crippen molar-refractivity contribution in [3.05, 3.63) is 0 Å². The van der Waals surface area contributed by atoms with E-state index in [9.17, 15) is 23.8 Å². The van der Waals surface area contributed by atoms with Crippen LogP contribution >= 0.6 is 7.37 Å². The van der Waals surface area contributed by atoms with Crippen LogP contribution in [0.5, 0.6) is 0 Å². The summed E-state index contributed by atoms with van der Waals surface area (Å²) in [5, 5.41) is 27.5. The van der Waals surface area contributed by atoms with Gasteiger partial charge in [-0.25, -0.2) is 0 Å². The highest BCUT2D eigenvalue weighted by Gasteiger charge is 2.24. The summed E-state index contributed by atoms with van der Waals surface area (Å²) in [6, 6.07) is 0. The van der Waals surface area contributed by atoms with Crippen LogP contribution in [0.4, 0.5) is 0 Å². The van der Waals surface area contributed by atoms with E-state index >= 15 is 0 Å². The summed E-state index contributed by atoms with van der Waals surface area (Å²) < 4.78 is 12.2. The first kappa shape index (κ1) is 26.5. The van der Waals surface area contributed by atoms with Crippen LogP contribution in [0.15, 0.2) is 0 Å². The van der Waals surface area contributed by atoms with Crippen molar-refractivity contribution in [3.8, 4) is 0 Å². The number of aliphatic carboxylic acids is 3. The lowest BCUT2D eigenvalue weighted by Gasteiger charge is -2.33. The van der Waals surface area contributed by atoms with Gasteiger partial charge in [-0.05, 0) is 0 Å². The van der Waals surface area contributed by atoms with Gasteiger partial charge in [0.2, 0.25) is 7.37 Å². The number of rotatable bonds is 9. The van der Waals surface area contributed by atoms with Crippen molar-refractivity contribution < 1.29 is 39.2 Å². The molecule has 0 spiro atoms. The molecule has 1 aliphatic heterocycles. The lowest BCUT2D eigenvalue weighted by atomic mass is 10.3. The van der Waals surface area contributed by atoms with E-state index in [0.29, 0.717) is 52.4 Å². The maximum atomic E-state index is 12.2. The van der Waals surface area contributed by atoms with Crippen molar-refractivity contribution in [1.82, 2.24) is 19.6 Å². The van der Waals surface area contributed by atoms with E-state index in [1.807, 2.05) is 0 Å². The number of nitrogens with zero attached hydrogens (tertiary/aromatic N) is 4. The Labute approximate surface area is 176 Å². The molecule has 0 aromatic heterocycles. The second-order valence-corrected chi connectivity index (χ2v) is 10.0. The molecule has 0 aromatic carbocycles. The quantitative estimate of drug-likeness (QED) is 0.307. The second-order valence-electron chi connectivity index (χ2n) is 7.43. The van der Waals surface area contributed by atoms with Gasteiger partial charge in [0.1, 0.15) is 0 Å². The molecule has 0 radical (unpaired) electrons. The topological polar surface area (TPSA) is 162 Å². The summed E-state index contributed by atoms with van der Waals surface area (Å²) in [6.45, 7) is 3.58. The minimum absolute atomic E-state index is 0.0452. The van der Waals surface area contributed by atoms with Crippen LogP contribution < -0.4 is 0 Å². The zero-order valence-corrected chi connectivity index (χ0v) is 18.2. The summed E-state index contributed by atoms with van der Waals surface area (Å²) in [4.78, 5) is 50.4. The van der Waals surface area contributed by atoms with Crippen molar-refractivity contribution in [3.63, 3.8) is 0 Å². The molecule has 1 fully saturated rings. The van der Waals surface area contributed by atoms with Crippen molar-refractivity contribution in [2.24, 2.45) is 0 Å². The monoisotopic (exact) mass is 452 g/mol. The molecule has 174 valence electrons. The average Bonchev–Trinajstić information content (AvgIpc) is 2.62. The van der Waals surface area contributed by atoms with Gasteiger partial charge in [0.25, 0.3) is 0 Å². The molecule has 1 unspecified atom stereocenters. The van der Waals surface area contributed by atoms with Crippen molar-refractivity contribution in [1.29, 1.82) is 0 Å². The fourth-order valence-corrected chi connectivity index (χ4v) is 4.29. The fourth-order valence-electron chi connectivity index (χ4n) is 3.18. The molecule has 13 heteroatoms. The second kappa shape index (κ2) is 13.0. The minimum Gasteiger partial charge on any atom is -0.480 e. The highest BCUT2D eigenvalue weighted by molar-refractivity contribution is 7.57. The maximum Gasteiger partial charge on any atom is 0.317 e. The van der Waals surface area contributed by atoms with Gasteiger partial charge in [0.15, 0.2) is 0 Å². The summed E-state index contributed by atoms with van der Waals surface area (Å²) in [5.74, 6) is -3.03. The van der Waals surface area contributed by atoms with Crippen molar-refractivity contribution in [2.75, 3.05) is 84.4 Å². The van der Waals surface area contributed by atoms with E-state index in [2.05, 4.69) is 0 Å². The first-order chi connectivity index (χ1) is 14.0. The Bertz CT molecular complexity index is 603. The first-order valence-corrected chi connectivity index (χ1v) is 11.9. The van der Waals surface area contributed by atoms with E-state index in [4.69, 9.17) is 15.3 Å². The van der Waals surface area contributed by atoms with Gasteiger partial charge >= 0.3 is 17.9 Å². The molecule has 1 heterocycles. The first-order valence-electron chi connectivity index (χ1n) is 9.86. The largest absolute Gasteiger partial charge is 0.480 e. The lowest BCUT2D eigenvalue weighted by molar-refractivity contribution is -0.140. The Morgan fingerprint density at radius 3 is 1.17 bits per heavy atom. The zero-order chi connectivity index (χ0) is 22.7. The van der Waals surface area contributed by atoms with Gasteiger partial charge in [0, 0.05) is 58.5 Å². The van der Waals surface area contributed by atoms with E-state index in [1.54, 1.807) is 26.5 Å². The van der Waals surface area contributed by atoms with Gasteiger partial charge in [-0.2, -0.15) is 0 Å². The van der Waals surface area contributed by atoms with Crippen molar-refractivity contribution in [2.45, 2.75) is 6.92 Å². The van der Waals surface area contributed by atoms with Crippen LogP contribution in [0.2, 0.25) is 0 Å². The van der Waals surface area contributed by atoms with E-state index in [1.165, 1.54) is 0 Å². The smallest absolute Gasteiger partial charge is 0.317 e. The van der Waals surface area contributed by atoms with Crippen LogP contribution in [-0.4, -0.2) is 142 Å². The maximum absolute atomic E-state index is 12.2. The molecule has 0 bridgehead atoms. The van der Waals surface area contributed by atoms with E-state index < -0.39 is 25.3 Å². The molecule has 1 aliphatic rings. The molecule has 12 nitrogen and oxygen atoms in total. The minimum atomic E-state index is -3.36. The number of carbonyl (C=O) groups is 3. The Kier molecular flexibility index (Phi) is 11.5. The lowest BCUT2D eigenvalue weighted by Crippen LogP contribution is -2.48. The predicted molar refractivity (Wildman–Crippen MR) is 109 cm³/mol. The molecular formula is C17H33N4O8P. The highest BCUT2D eigenvalue weighted by atomic mass is 31.2. The standard InChI is InChI=1S/C17H33N4O8P/c1-2-30(28,29)14-21-9-7-19(12-16(24)25)5-3-18(11-15(22)23)4-6-20(8-10-21)13-17(26)27/h2-14H2,1H3,(H,22,23)(H,24,25)(H,26,27)(H,28,29). The Hall–Kier alpha value is -1.56. The van der Waals surface area contributed by atoms with Gasteiger partial charge in [-0.1, -0.05) is 6.92 Å². The average molecular weight is 452 g/mol. The zero-order valence-electron chi connectivity index (χ0n) is 17.4. The number of carboxylic acid groups (broad SMARTS) is 3. The van der Waals surface area contributed by atoms with Gasteiger partial charge < -0.3 is 20.2 Å². The predicted octanol–water partition coefficient (Wildman–Crippen LogP) is -1.29. The third kappa shape index (κ3) is 11.6. The van der Waals surface area contributed by atoms with Crippen LogP contribution in [0, 0.1) is 0 Å². The fraction of sp³-hybridized carbons (Fsp3) is 0.824. The summed E-state index contributed by atoms with van der Waals surface area (Å²) >= 11 is 0.